The lowest BCUT2D eigenvalue weighted by atomic mass is 9.93. The lowest BCUT2D eigenvalue weighted by Gasteiger charge is -2.17. The van der Waals surface area contributed by atoms with E-state index in [1.54, 1.807) is 0 Å². The van der Waals surface area contributed by atoms with Crippen molar-refractivity contribution in [3.63, 3.8) is 0 Å². The number of hydrogen-bond donors (Lipinski definition) is 1. The minimum absolute atomic E-state index is 0. The van der Waals surface area contributed by atoms with E-state index in [0.717, 1.165) is 42.0 Å². The van der Waals surface area contributed by atoms with Crippen LogP contribution in [-0.2, 0) is 17.6 Å². The molecule has 7 nitrogen and oxygen atoms in total. The summed E-state index contributed by atoms with van der Waals surface area (Å²) in [5.41, 5.74) is 2.64. The van der Waals surface area contributed by atoms with E-state index >= 15 is 0 Å². The number of nitrogens with zero attached hydrogens (tertiary/aromatic N) is 4. The first-order chi connectivity index (χ1) is 15.9. The van der Waals surface area contributed by atoms with Gasteiger partial charge >= 0.3 is 0 Å². The average Bonchev–Trinajstić information content (AvgIpc) is 3.32. The van der Waals surface area contributed by atoms with Gasteiger partial charge in [0.1, 0.15) is 17.4 Å². The first kappa shape index (κ1) is 26.4. The first-order valence-electron chi connectivity index (χ1n) is 11.6. The number of aliphatic hydroxyl groups is 1. The lowest BCUT2D eigenvalue weighted by molar-refractivity contribution is -0.118. The highest BCUT2D eigenvalue weighted by Crippen LogP contribution is 2.41. The third-order valence-corrected chi connectivity index (χ3v) is 6.28. The summed E-state index contributed by atoms with van der Waals surface area (Å²) in [4.78, 5) is 13.0. The van der Waals surface area contributed by atoms with E-state index in [1.807, 2.05) is 31.2 Å². The Labute approximate surface area is 211 Å². The molecule has 1 atom stereocenters. The number of ketones is 1. The molecule has 0 bridgehead atoms. The summed E-state index contributed by atoms with van der Waals surface area (Å²) in [5.74, 6) is 2.61. The van der Waals surface area contributed by atoms with Gasteiger partial charge in [-0.3, -0.25) is 4.79 Å². The van der Waals surface area contributed by atoms with Gasteiger partial charge in [-0.15, -0.1) is 22.6 Å². The molecule has 2 heterocycles. The molecule has 2 aromatic heterocycles. The molecular weight excluding hydrogens is 475 g/mol. The van der Waals surface area contributed by atoms with Gasteiger partial charge < -0.3 is 14.2 Å². The second-order valence-corrected chi connectivity index (χ2v) is 9.90. The highest BCUT2D eigenvalue weighted by atomic mass is 35.5. The number of carbonyl (C=O) groups excluding carboxylic acids is 1. The Morgan fingerprint density at radius 2 is 2.03 bits per heavy atom. The fourth-order valence-electron chi connectivity index (χ4n) is 4.26. The number of aromatic nitrogens is 4. The van der Waals surface area contributed by atoms with Crippen LogP contribution in [0.3, 0.4) is 0 Å². The minimum Gasteiger partial charge on any atom is -0.396 e. The maximum Gasteiger partial charge on any atom is 0.186 e. The highest BCUT2D eigenvalue weighted by Gasteiger charge is 2.34. The minimum atomic E-state index is -0.209. The molecule has 0 saturated heterocycles. The molecule has 1 N–H and O–H groups in total. The van der Waals surface area contributed by atoms with E-state index in [4.69, 9.17) is 16.1 Å². The molecule has 9 heteroatoms. The Hall–Kier alpha value is -2.22. The Kier molecular flexibility index (Phi) is 8.90. The molecule has 34 heavy (non-hydrogen) atoms. The average molecular weight is 507 g/mol. The molecule has 0 amide bonds. The number of halogens is 2. The molecule has 1 aliphatic carbocycles. The van der Waals surface area contributed by atoms with Crippen molar-refractivity contribution in [2.75, 3.05) is 6.61 Å². The largest absolute Gasteiger partial charge is 0.396 e. The number of Topliss-reactive ketones (excluding diaryl/α,β-unsaturated/α-hetero) is 1. The molecule has 3 aromatic rings. The molecule has 184 valence electrons. The van der Waals surface area contributed by atoms with Gasteiger partial charge in [-0.1, -0.05) is 36.7 Å². The molecule has 0 unspecified atom stereocenters. The normalized spacial score (nSPS) is 14.3. The van der Waals surface area contributed by atoms with Crippen LogP contribution in [0.1, 0.15) is 74.2 Å². The predicted octanol–water partition coefficient (Wildman–Crippen LogP) is 5.52. The van der Waals surface area contributed by atoms with Crippen LogP contribution in [0, 0.1) is 12.8 Å². The maximum absolute atomic E-state index is 13.0. The Morgan fingerprint density at radius 1 is 1.26 bits per heavy atom. The van der Waals surface area contributed by atoms with Gasteiger partial charge in [0.05, 0.1) is 0 Å². The number of hydrogen-bond acceptors (Lipinski definition) is 6. The van der Waals surface area contributed by atoms with Crippen LogP contribution in [0.25, 0.3) is 11.5 Å². The Bertz CT molecular complexity index is 1120. The molecule has 0 radical (unpaired) electrons. The van der Waals surface area contributed by atoms with Crippen LogP contribution in [-0.4, -0.2) is 37.4 Å². The van der Waals surface area contributed by atoms with Crippen molar-refractivity contribution in [3.8, 4) is 11.5 Å². The molecule has 1 saturated carbocycles. The number of benzene rings is 1. The van der Waals surface area contributed by atoms with E-state index in [9.17, 15) is 9.90 Å². The quantitative estimate of drug-likeness (QED) is 0.368. The topological polar surface area (TPSA) is 94.0 Å². The van der Waals surface area contributed by atoms with Crippen LogP contribution in [0.2, 0.25) is 5.02 Å². The summed E-state index contributed by atoms with van der Waals surface area (Å²) in [5, 5.41) is 23.5. The molecule has 0 aliphatic heterocycles. The number of aliphatic hydroxyl groups excluding tert-OH is 1. The zero-order valence-electron chi connectivity index (χ0n) is 19.8. The van der Waals surface area contributed by atoms with Crippen molar-refractivity contribution in [2.45, 2.75) is 71.3 Å². The third kappa shape index (κ3) is 6.26. The van der Waals surface area contributed by atoms with Gasteiger partial charge in [-0.05, 0) is 55.4 Å². The Morgan fingerprint density at radius 3 is 2.68 bits per heavy atom. The fourth-order valence-corrected chi connectivity index (χ4v) is 4.49. The van der Waals surface area contributed by atoms with Crippen molar-refractivity contribution in [2.24, 2.45) is 5.92 Å². The molecule has 1 aliphatic rings. The van der Waals surface area contributed by atoms with E-state index in [0.29, 0.717) is 47.8 Å². The Balaban J connectivity index is 0.00000324. The third-order valence-electron chi connectivity index (χ3n) is 6.04. The molecule has 1 fully saturated rings. The van der Waals surface area contributed by atoms with E-state index in [1.165, 1.54) is 0 Å². The summed E-state index contributed by atoms with van der Waals surface area (Å²) in [7, 11) is 0. The van der Waals surface area contributed by atoms with Crippen molar-refractivity contribution >= 4 is 29.8 Å². The van der Waals surface area contributed by atoms with Crippen molar-refractivity contribution in [1.82, 2.24) is 19.9 Å². The lowest BCUT2D eigenvalue weighted by Crippen LogP contribution is -2.16. The van der Waals surface area contributed by atoms with Crippen LogP contribution in [0.5, 0.6) is 0 Å². The zero-order valence-corrected chi connectivity index (χ0v) is 21.4. The SMILES string of the molecule is Cc1cc(Cl)ccc1CC(=O)C[C@H](CCO)c1nnc(-c2cc(CC(C)C)on2)n1C1CC1.Cl. The summed E-state index contributed by atoms with van der Waals surface area (Å²) in [6, 6.07) is 7.81. The number of carbonyl (C=O) groups is 1. The fraction of sp³-hybridized carbons (Fsp3) is 0.520. The van der Waals surface area contributed by atoms with Gasteiger partial charge in [0.15, 0.2) is 11.5 Å². The summed E-state index contributed by atoms with van der Waals surface area (Å²) >= 11 is 6.05. The van der Waals surface area contributed by atoms with Crippen LogP contribution in [0.15, 0.2) is 28.8 Å². The molecule has 0 spiro atoms. The second-order valence-electron chi connectivity index (χ2n) is 9.46. The second kappa shape index (κ2) is 11.5. The van der Waals surface area contributed by atoms with Crippen molar-refractivity contribution in [3.05, 3.63) is 52.0 Å². The van der Waals surface area contributed by atoms with Crippen LogP contribution in [0.4, 0.5) is 0 Å². The van der Waals surface area contributed by atoms with Crippen LogP contribution < -0.4 is 0 Å². The highest BCUT2D eigenvalue weighted by molar-refractivity contribution is 6.30. The van der Waals surface area contributed by atoms with Gasteiger partial charge in [-0.2, -0.15) is 0 Å². The number of rotatable bonds is 11. The monoisotopic (exact) mass is 506 g/mol. The van der Waals surface area contributed by atoms with Gasteiger partial charge in [0, 0.05) is 48.9 Å². The smallest absolute Gasteiger partial charge is 0.186 e. The van der Waals surface area contributed by atoms with E-state index < -0.39 is 0 Å². The van der Waals surface area contributed by atoms with Gasteiger partial charge in [0.25, 0.3) is 0 Å². The van der Waals surface area contributed by atoms with Crippen molar-refractivity contribution < 1.29 is 14.4 Å². The van der Waals surface area contributed by atoms with E-state index in [2.05, 4.69) is 33.8 Å². The van der Waals surface area contributed by atoms with Gasteiger partial charge in [-0.25, -0.2) is 0 Å². The zero-order chi connectivity index (χ0) is 23.5. The predicted molar refractivity (Wildman–Crippen MR) is 134 cm³/mol. The van der Waals surface area contributed by atoms with Crippen molar-refractivity contribution in [1.29, 1.82) is 0 Å². The molecular formula is C25H32Cl2N4O3. The summed E-state index contributed by atoms with van der Waals surface area (Å²) in [6.07, 6.45) is 3.97. The summed E-state index contributed by atoms with van der Waals surface area (Å²) in [6.45, 7) is 6.21. The van der Waals surface area contributed by atoms with E-state index in [-0.39, 0.29) is 30.7 Å². The summed E-state index contributed by atoms with van der Waals surface area (Å²) < 4.78 is 7.63. The van der Waals surface area contributed by atoms with Gasteiger partial charge in [0.2, 0.25) is 0 Å². The number of aryl methyl sites for hydroxylation is 1. The molecule has 4 rings (SSSR count). The molecule has 1 aromatic carbocycles. The maximum atomic E-state index is 13.0. The standard InChI is InChI=1S/C25H31ClN4O3.ClH/c1-15(2)10-22-14-23(29-33-22)25-28-27-24(30(25)20-6-7-20)18(8-9-31)13-21(32)12-17-4-5-19(26)11-16(17)3;/h4-5,11,14-15,18,20,31H,6-10,12-13H2,1-3H3;1H/t18-;/m0./s1. The first-order valence-corrected chi connectivity index (χ1v) is 12.0. The van der Waals surface area contributed by atoms with Crippen LogP contribution >= 0.6 is 24.0 Å².